The molecule has 1 aliphatic heterocycles. The summed E-state index contributed by atoms with van der Waals surface area (Å²) in [5.41, 5.74) is -0.821. The minimum absolute atomic E-state index is 0.000588. The van der Waals surface area contributed by atoms with Crippen LogP contribution in [0.15, 0.2) is 60.7 Å². The highest BCUT2D eigenvalue weighted by atomic mass is 28.4. The van der Waals surface area contributed by atoms with Crippen LogP contribution in [-0.4, -0.2) is 37.3 Å². The van der Waals surface area contributed by atoms with E-state index in [0.717, 1.165) is 25.7 Å². The fourth-order valence-corrected chi connectivity index (χ4v) is 12.1. The van der Waals surface area contributed by atoms with Crippen molar-refractivity contribution in [2.24, 2.45) is 17.8 Å². The van der Waals surface area contributed by atoms with Crippen molar-refractivity contribution in [1.82, 2.24) is 0 Å². The number of benzene rings is 2. The molecule has 1 saturated heterocycles. The van der Waals surface area contributed by atoms with Crippen LogP contribution in [0.5, 0.6) is 0 Å². The Labute approximate surface area is 207 Å². The molecule has 0 bridgehead atoms. The maximum Gasteiger partial charge on any atom is 0.261 e. The van der Waals surface area contributed by atoms with Crippen LogP contribution in [0.2, 0.25) is 5.04 Å². The first-order valence-electron chi connectivity index (χ1n) is 13.3. The van der Waals surface area contributed by atoms with E-state index in [0.29, 0.717) is 18.4 Å². The Bertz CT molecular complexity index is 948. The first-order chi connectivity index (χ1) is 16.1. The van der Waals surface area contributed by atoms with Gasteiger partial charge in [0.1, 0.15) is 6.10 Å². The summed E-state index contributed by atoms with van der Waals surface area (Å²) >= 11 is 0. The van der Waals surface area contributed by atoms with Crippen molar-refractivity contribution >= 4 is 18.7 Å². The van der Waals surface area contributed by atoms with E-state index < -0.39 is 13.9 Å². The zero-order chi connectivity index (χ0) is 24.2. The summed E-state index contributed by atoms with van der Waals surface area (Å²) in [5, 5.41) is 14.8. The lowest BCUT2D eigenvalue weighted by molar-refractivity contribution is -0.142. The number of ether oxygens (including phenoxy) is 1. The van der Waals surface area contributed by atoms with Crippen LogP contribution in [0.4, 0.5) is 0 Å². The van der Waals surface area contributed by atoms with E-state index >= 15 is 0 Å². The molecule has 0 unspecified atom stereocenters. The molecule has 0 amide bonds. The van der Waals surface area contributed by atoms with E-state index in [9.17, 15) is 5.11 Å². The third-order valence-electron chi connectivity index (χ3n) is 9.36. The Morgan fingerprint density at radius 1 is 0.971 bits per heavy atom. The molecular weight excluding hydrogens is 436 g/mol. The molecule has 1 heterocycles. The van der Waals surface area contributed by atoms with Gasteiger partial charge in [0.05, 0.1) is 11.2 Å². The predicted octanol–water partition coefficient (Wildman–Crippen LogP) is 5.30. The van der Waals surface area contributed by atoms with E-state index in [2.05, 4.69) is 95.3 Å². The monoisotopic (exact) mass is 478 g/mol. The lowest BCUT2D eigenvalue weighted by Crippen LogP contribution is -2.67. The molecule has 3 aliphatic rings. The van der Waals surface area contributed by atoms with Gasteiger partial charge in [0.25, 0.3) is 8.32 Å². The second kappa shape index (κ2) is 8.58. The number of hydrogen-bond acceptors (Lipinski definition) is 3. The lowest BCUT2D eigenvalue weighted by atomic mass is 9.56. The molecule has 2 aromatic carbocycles. The van der Waals surface area contributed by atoms with Crippen LogP contribution in [0.3, 0.4) is 0 Å². The van der Waals surface area contributed by atoms with Gasteiger partial charge in [-0.25, -0.2) is 0 Å². The largest absolute Gasteiger partial charge is 0.407 e. The van der Waals surface area contributed by atoms with Gasteiger partial charge in [-0.15, -0.1) is 0 Å². The van der Waals surface area contributed by atoms with Crippen LogP contribution in [0, 0.1) is 17.8 Å². The Morgan fingerprint density at radius 2 is 1.56 bits per heavy atom. The quantitative estimate of drug-likeness (QED) is 0.453. The predicted molar refractivity (Wildman–Crippen MR) is 141 cm³/mol. The molecule has 4 heteroatoms. The maximum absolute atomic E-state index is 12.2. The molecule has 184 valence electrons. The van der Waals surface area contributed by atoms with E-state index in [1.807, 2.05) is 0 Å². The summed E-state index contributed by atoms with van der Waals surface area (Å²) in [5.74, 6) is 1.14. The Morgan fingerprint density at radius 3 is 2.12 bits per heavy atom. The van der Waals surface area contributed by atoms with Gasteiger partial charge in [-0.3, -0.25) is 0 Å². The first-order valence-corrected chi connectivity index (χ1v) is 15.2. The van der Waals surface area contributed by atoms with Gasteiger partial charge in [-0.05, 0) is 72.2 Å². The van der Waals surface area contributed by atoms with E-state index in [1.54, 1.807) is 0 Å². The van der Waals surface area contributed by atoms with Crippen molar-refractivity contribution < 1.29 is 14.3 Å². The number of hydrogen-bond donors (Lipinski definition) is 1. The zero-order valence-corrected chi connectivity index (χ0v) is 22.6. The average molecular weight is 479 g/mol. The number of rotatable bonds is 6. The molecular formula is C30H42O3Si. The van der Waals surface area contributed by atoms with Gasteiger partial charge in [0, 0.05) is 6.61 Å². The smallest absolute Gasteiger partial charge is 0.261 e. The highest BCUT2D eigenvalue weighted by Crippen LogP contribution is 2.61. The molecule has 0 spiro atoms. The molecule has 2 saturated carbocycles. The van der Waals surface area contributed by atoms with Gasteiger partial charge in [-0.1, -0.05) is 88.4 Å². The van der Waals surface area contributed by atoms with E-state index in [1.165, 1.54) is 16.8 Å². The molecule has 5 rings (SSSR count). The molecule has 1 N–H and O–H groups in total. The van der Waals surface area contributed by atoms with Gasteiger partial charge in [0.15, 0.2) is 0 Å². The highest BCUT2D eigenvalue weighted by Gasteiger charge is 2.71. The van der Waals surface area contributed by atoms with Crippen LogP contribution >= 0.6 is 0 Å². The third kappa shape index (κ3) is 3.73. The highest BCUT2D eigenvalue weighted by molar-refractivity contribution is 6.99. The van der Waals surface area contributed by atoms with E-state index in [4.69, 9.17) is 9.16 Å². The summed E-state index contributed by atoms with van der Waals surface area (Å²) in [6.07, 6.45) is 5.31. The molecule has 3 nitrogen and oxygen atoms in total. The molecule has 6 atom stereocenters. The van der Waals surface area contributed by atoms with Crippen LogP contribution < -0.4 is 10.4 Å². The minimum atomic E-state index is -2.55. The van der Waals surface area contributed by atoms with Crippen molar-refractivity contribution in [1.29, 1.82) is 0 Å². The summed E-state index contributed by atoms with van der Waals surface area (Å²) in [6, 6.07) is 21.7. The third-order valence-corrected chi connectivity index (χ3v) is 14.4. The Hall–Kier alpha value is -1.46. The Balaban J connectivity index is 1.44. The van der Waals surface area contributed by atoms with Crippen LogP contribution in [0.1, 0.15) is 66.7 Å². The van der Waals surface area contributed by atoms with Gasteiger partial charge in [0.2, 0.25) is 0 Å². The Kier molecular flexibility index (Phi) is 6.12. The second-order valence-electron chi connectivity index (χ2n) is 12.4. The normalized spacial score (nSPS) is 35.4. The fourth-order valence-electron chi connectivity index (χ4n) is 7.52. The van der Waals surface area contributed by atoms with Crippen LogP contribution in [0.25, 0.3) is 0 Å². The van der Waals surface area contributed by atoms with Gasteiger partial charge >= 0.3 is 0 Å². The number of fused-ring (bicyclic) bond motifs is 3. The van der Waals surface area contributed by atoms with Gasteiger partial charge < -0.3 is 14.3 Å². The standard InChI is InChI=1S/C30H42O3Si/c1-22-16-17-23(30(31)26(22)18-20-29(5)27(30)33-29)19-21-32-34(28(2,3)4,24-12-8-6-9-13-24)25-14-10-7-11-15-25/h6-15,22-23,26-27,31H,16-21H2,1-5H3/t22-,23+,26+,27+,29+,30-/m0/s1. The van der Waals surface area contributed by atoms with Crippen molar-refractivity contribution in [3.8, 4) is 0 Å². The van der Waals surface area contributed by atoms with Gasteiger partial charge in [-0.2, -0.15) is 0 Å². The average Bonchev–Trinajstić information content (AvgIpc) is 3.52. The molecule has 3 fully saturated rings. The summed E-state index contributed by atoms with van der Waals surface area (Å²) in [4.78, 5) is 0. The topological polar surface area (TPSA) is 42.0 Å². The SMILES string of the molecule is C[C@H]1CC[C@H](CCO[Si](c2ccccc2)(c2ccccc2)C(C)(C)C)[C@]2(O)[C@@H]1CC[C@@]1(C)O[C@@H]21. The second-order valence-corrected chi connectivity index (χ2v) is 16.7. The van der Waals surface area contributed by atoms with Crippen LogP contribution in [-0.2, 0) is 9.16 Å². The maximum atomic E-state index is 12.2. The number of aliphatic hydroxyl groups is 1. The fraction of sp³-hybridized carbons (Fsp3) is 0.600. The van der Waals surface area contributed by atoms with Crippen molar-refractivity contribution in [2.45, 2.75) is 89.1 Å². The molecule has 2 aromatic rings. The zero-order valence-electron chi connectivity index (χ0n) is 21.6. The molecule has 34 heavy (non-hydrogen) atoms. The molecule has 0 aromatic heterocycles. The first kappa shape index (κ1) is 24.2. The lowest BCUT2D eigenvalue weighted by Gasteiger charge is -2.51. The summed E-state index contributed by atoms with van der Waals surface area (Å²) in [7, 11) is -2.55. The summed E-state index contributed by atoms with van der Waals surface area (Å²) in [6.45, 7) is 12.2. The molecule has 0 radical (unpaired) electrons. The summed E-state index contributed by atoms with van der Waals surface area (Å²) < 4.78 is 13.4. The molecule has 2 aliphatic carbocycles. The van der Waals surface area contributed by atoms with Crippen molar-refractivity contribution in [3.63, 3.8) is 0 Å². The minimum Gasteiger partial charge on any atom is -0.407 e. The van der Waals surface area contributed by atoms with E-state index in [-0.39, 0.29) is 22.7 Å². The van der Waals surface area contributed by atoms with Crippen molar-refractivity contribution in [2.75, 3.05) is 6.61 Å². The van der Waals surface area contributed by atoms with Crippen molar-refractivity contribution in [3.05, 3.63) is 60.7 Å². The number of epoxide rings is 1.